The quantitative estimate of drug-likeness (QED) is 0.504. The average molecular weight is 410 g/mol. The van der Waals surface area contributed by atoms with E-state index in [2.05, 4.69) is 15.8 Å². The highest BCUT2D eigenvalue weighted by Gasteiger charge is 2.26. The van der Waals surface area contributed by atoms with Crippen LogP contribution in [0.3, 0.4) is 0 Å². The Morgan fingerprint density at radius 1 is 0.933 bits per heavy atom. The summed E-state index contributed by atoms with van der Waals surface area (Å²) < 4.78 is 0. The topological polar surface area (TPSA) is 90.8 Å². The standard InChI is InChI=1S/C24H31N3O3/c1-15(28)26-18-10-8-17(9-11-18)22(30)27-25-14-16-12-19(23(2,3)4)21(29)20(13-16)24(5,6)7/h8-14,29H,1-7H3,(H,26,28)(H,27,30)/b25-14-. The second kappa shape index (κ2) is 8.69. The third-order valence-electron chi connectivity index (χ3n) is 4.60. The fraction of sp³-hybridized carbons (Fsp3) is 0.375. The van der Waals surface area contributed by atoms with Crippen molar-refractivity contribution in [2.45, 2.75) is 59.3 Å². The van der Waals surface area contributed by atoms with Gasteiger partial charge in [0.2, 0.25) is 5.91 Å². The lowest BCUT2D eigenvalue weighted by molar-refractivity contribution is -0.114. The molecular formula is C24H31N3O3. The number of nitrogens with one attached hydrogen (secondary N) is 2. The maximum absolute atomic E-state index is 12.3. The zero-order valence-electron chi connectivity index (χ0n) is 18.8. The van der Waals surface area contributed by atoms with Crippen LogP contribution in [0.1, 0.15) is 75.5 Å². The Bertz CT molecular complexity index is 928. The second-order valence-corrected chi connectivity index (χ2v) is 9.42. The Morgan fingerprint density at radius 2 is 1.43 bits per heavy atom. The molecule has 2 rings (SSSR count). The molecule has 0 heterocycles. The molecule has 0 spiro atoms. The first-order valence-electron chi connectivity index (χ1n) is 9.88. The monoisotopic (exact) mass is 409 g/mol. The van der Waals surface area contributed by atoms with Gasteiger partial charge in [-0.25, -0.2) is 5.43 Å². The van der Waals surface area contributed by atoms with Crippen molar-refractivity contribution >= 4 is 23.7 Å². The smallest absolute Gasteiger partial charge is 0.271 e. The van der Waals surface area contributed by atoms with Gasteiger partial charge in [0.25, 0.3) is 5.91 Å². The molecule has 2 aromatic carbocycles. The molecule has 6 nitrogen and oxygen atoms in total. The molecule has 0 saturated carbocycles. The first-order valence-corrected chi connectivity index (χ1v) is 9.88. The zero-order chi connectivity index (χ0) is 22.7. The second-order valence-electron chi connectivity index (χ2n) is 9.42. The van der Waals surface area contributed by atoms with Crippen molar-refractivity contribution in [3.63, 3.8) is 0 Å². The van der Waals surface area contributed by atoms with Crippen LogP contribution >= 0.6 is 0 Å². The van der Waals surface area contributed by atoms with Gasteiger partial charge in [-0.05, 0) is 52.8 Å². The Hall–Kier alpha value is -3.15. The summed E-state index contributed by atoms with van der Waals surface area (Å²) >= 11 is 0. The maximum atomic E-state index is 12.3. The van der Waals surface area contributed by atoms with Crippen LogP contribution in [-0.2, 0) is 15.6 Å². The Balaban J connectivity index is 2.23. The van der Waals surface area contributed by atoms with Gasteiger partial charge in [-0.2, -0.15) is 5.10 Å². The number of phenolic OH excluding ortho intramolecular Hbond substituents is 1. The van der Waals surface area contributed by atoms with E-state index in [1.165, 1.54) is 6.92 Å². The number of rotatable bonds is 4. The molecule has 2 amide bonds. The number of amides is 2. The van der Waals surface area contributed by atoms with Gasteiger partial charge < -0.3 is 10.4 Å². The zero-order valence-corrected chi connectivity index (χ0v) is 18.8. The third kappa shape index (κ3) is 5.92. The van der Waals surface area contributed by atoms with Crippen molar-refractivity contribution in [2.24, 2.45) is 5.10 Å². The van der Waals surface area contributed by atoms with Crippen molar-refractivity contribution in [3.05, 3.63) is 58.7 Å². The molecule has 160 valence electrons. The average Bonchev–Trinajstić information content (AvgIpc) is 2.61. The molecule has 2 aromatic rings. The van der Waals surface area contributed by atoms with Crippen molar-refractivity contribution in [1.29, 1.82) is 0 Å². The van der Waals surface area contributed by atoms with Crippen LogP contribution in [0.4, 0.5) is 5.69 Å². The van der Waals surface area contributed by atoms with Gasteiger partial charge in [0.15, 0.2) is 0 Å². The first kappa shape index (κ1) is 23.1. The lowest BCUT2D eigenvalue weighted by atomic mass is 9.78. The first-order chi connectivity index (χ1) is 13.8. The summed E-state index contributed by atoms with van der Waals surface area (Å²) in [7, 11) is 0. The lowest BCUT2D eigenvalue weighted by Crippen LogP contribution is -2.19. The summed E-state index contributed by atoms with van der Waals surface area (Å²) in [6, 6.07) is 10.3. The minimum atomic E-state index is -0.355. The van der Waals surface area contributed by atoms with Crippen molar-refractivity contribution in [3.8, 4) is 5.75 Å². The molecule has 0 aromatic heterocycles. The van der Waals surface area contributed by atoms with E-state index < -0.39 is 0 Å². The van der Waals surface area contributed by atoms with Crippen LogP contribution < -0.4 is 10.7 Å². The Morgan fingerprint density at radius 3 is 1.87 bits per heavy atom. The number of phenols is 1. The predicted molar refractivity (Wildman–Crippen MR) is 121 cm³/mol. The van der Waals surface area contributed by atoms with E-state index in [4.69, 9.17) is 0 Å². The molecule has 0 aliphatic carbocycles. The van der Waals surface area contributed by atoms with Gasteiger partial charge >= 0.3 is 0 Å². The van der Waals surface area contributed by atoms with Crippen molar-refractivity contribution < 1.29 is 14.7 Å². The number of hydrazone groups is 1. The molecule has 6 heteroatoms. The van der Waals surface area contributed by atoms with Crippen LogP contribution in [-0.4, -0.2) is 23.1 Å². The molecule has 3 N–H and O–H groups in total. The summed E-state index contributed by atoms with van der Waals surface area (Å²) in [4.78, 5) is 23.4. The molecule has 0 unspecified atom stereocenters. The molecule has 0 radical (unpaired) electrons. The van der Waals surface area contributed by atoms with E-state index >= 15 is 0 Å². The lowest BCUT2D eigenvalue weighted by Gasteiger charge is -2.27. The van der Waals surface area contributed by atoms with Crippen LogP contribution in [0.5, 0.6) is 5.75 Å². The van der Waals surface area contributed by atoms with Crippen molar-refractivity contribution in [1.82, 2.24) is 5.43 Å². The number of benzene rings is 2. The minimum absolute atomic E-state index is 0.171. The SMILES string of the molecule is CC(=O)Nc1ccc(C(=O)N/N=C\c2cc(C(C)(C)C)c(O)c(C(C)(C)C)c2)cc1. The maximum Gasteiger partial charge on any atom is 0.271 e. The van der Waals surface area contributed by atoms with Crippen LogP contribution in [0.25, 0.3) is 0 Å². The van der Waals surface area contributed by atoms with E-state index in [1.807, 2.05) is 53.7 Å². The van der Waals surface area contributed by atoms with E-state index in [0.717, 1.165) is 16.7 Å². The number of carbonyl (C=O) groups is 2. The molecule has 0 fully saturated rings. The summed E-state index contributed by atoms with van der Waals surface area (Å²) in [6.07, 6.45) is 1.58. The molecule has 30 heavy (non-hydrogen) atoms. The highest BCUT2D eigenvalue weighted by Crippen LogP contribution is 2.39. The third-order valence-corrected chi connectivity index (χ3v) is 4.60. The van der Waals surface area contributed by atoms with Gasteiger partial charge in [-0.15, -0.1) is 0 Å². The van der Waals surface area contributed by atoms with Gasteiger partial charge in [-0.3, -0.25) is 9.59 Å². The number of hydrogen-bond donors (Lipinski definition) is 3. The highest BCUT2D eigenvalue weighted by atomic mass is 16.3. The summed E-state index contributed by atoms with van der Waals surface area (Å²) in [5, 5.41) is 17.5. The van der Waals surface area contributed by atoms with E-state index in [-0.39, 0.29) is 22.6 Å². The fourth-order valence-corrected chi connectivity index (χ4v) is 3.01. The number of carbonyl (C=O) groups excluding carboxylic acids is 2. The summed E-state index contributed by atoms with van der Waals surface area (Å²) in [5.74, 6) is -0.225. The number of aromatic hydroxyl groups is 1. The Labute approximate surface area is 178 Å². The van der Waals surface area contributed by atoms with Gasteiger partial charge in [-0.1, -0.05) is 41.5 Å². The van der Waals surface area contributed by atoms with E-state index in [0.29, 0.717) is 17.0 Å². The van der Waals surface area contributed by atoms with Gasteiger partial charge in [0.05, 0.1) is 6.21 Å². The molecular weight excluding hydrogens is 378 g/mol. The molecule has 0 aliphatic heterocycles. The van der Waals surface area contributed by atoms with Crippen molar-refractivity contribution in [2.75, 3.05) is 5.32 Å². The number of anilines is 1. The van der Waals surface area contributed by atoms with Crippen LogP contribution in [0.15, 0.2) is 41.5 Å². The molecule has 0 aliphatic rings. The number of nitrogens with zero attached hydrogens (tertiary/aromatic N) is 1. The Kier molecular flexibility index (Phi) is 6.70. The van der Waals surface area contributed by atoms with Crippen LogP contribution in [0.2, 0.25) is 0 Å². The minimum Gasteiger partial charge on any atom is -0.507 e. The molecule has 0 atom stereocenters. The summed E-state index contributed by atoms with van der Waals surface area (Å²) in [5.41, 5.74) is 5.54. The molecule has 0 saturated heterocycles. The predicted octanol–water partition coefficient (Wildman–Crippen LogP) is 4.71. The number of hydrogen-bond acceptors (Lipinski definition) is 4. The highest BCUT2D eigenvalue weighted by molar-refractivity contribution is 5.96. The van der Waals surface area contributed by atoms with E-state index in [9.17, 15) is 14.7 Å². The van der Waals surface area contributed by atoms with Gasteiger partial charge in [0, 0.05) is 29.3 Å². The fourth-order valence-electron chi connectivity index (χ4n) is 3.01. The van der Waals surface area contributed by atoms with Gasteiger partial charge in [0.1, 0.15) is 5.75 Å². The normalized spacial score (nSPS) is 12.1. The largest absolute Gasteiger partial charge is 0.507 e. The van der Waals surface area contributed by atoms with E-state index in [1.54, 1.807) is 30.5 Å². The molecule has 0 bridgehead atoms. The summed E-state index contributed by atoms with van der Waals surface area (Å²) in [6.45, 7) is 13.7. The van der Waals surface area contributed by atoms with Crippen LogP contribution in [0, 0.1) is 0 Å².